The average molecular weight is 204 g/mol. The topological polar surface area (TPSA) is 17.0 Å². The Balaban J connectivity index is 2.72. The Hall–Kier alpha value is -1.28. The minimum Gasteiger partial charge on any atom is -0.321 e. The number of rotatable bonds is 6. The minimum absolute atomic E-state index is 0.498. The molecular weight excluding hydrogens is 184 g/mol. The van der Waals surface area contributed by atoms with Gasteiger partial charge in [-0.15, -0.1) is 0 Å². The van der Waals surface area contributed by atoms with Gasteiger partial charge in [0.1, 0.15) is 0 Å². The van der Waals surface area contributed by atoms with E-state index in [4.69, 9.17) is 0 Å². The average Bonchev–Trinajstić information content (AvgIpc) is 2.73. The van der Waals surface area contributed by atoms with Crippen molar-refractivity contribution in [2.45, 2.75) is 25.8 Å². The Morgan fingerprint density at radius 2 is 2.40 bits per heavy atom. The Bertz CT molecular complexity index is 332. The van der Waals surface area contributed by atoms with Crippen molar-refractivity contribution in [3.8, 4) is 0 Å². The first-order valence-corrected chi connectivity index (χ1v) is 5.38. The molecule has 0 aliphatic heterocycles. The van der Waals surface area contributed by atoms with E-state index in [2.05, 4.69) is 30.0 Å². The predicted molar refractivity (Wildman–Crippen MR) is 67.6 cm³/mol. The number of nitrogens with one attached hydrogen (secondary N) is 1. The van der Waals surface area contributed by atoms with Crippen molar-refractivity contribution >= 4 is 11.8 Å². The normalized spacial score (nSPS) is 12.4. The second kappa shape index (κ2) is 5.56. The Morgan fingerprint density at radius 1 is 1.67 bits per heavy atom. The molecule has 1 aromatic heterocycles. The van der Waals surface area contributed by atoms with Gasteiger partial charge in [-0.1, -0.05) is 20.1 Å². The van der Waals surface area contributed by atoms with E-state index in [1.54, 1.807) is 0 Å². The van der Waals surface area contributed by atoms with E-state index in [0.29, 0.717) is 6.04 Å². The van der Waals surface area contributed by atoms with Gasteiger partial charge in [0.15, 0.2) is 0 Å². The molecule has 0 spiro atoms. The van der Waals surface area contributed by atoms with Gasteiger partial charge in [-0.2, -0.15) is 0 Å². The van der Waals surface area contributed by atoms with Gasteiger partial charge in [-0.25, -0.2) is 0 Å². The van der Waals surface area contributed by atoms with Crippen molar-refractivity contribution in [3.05, 3.63) is 37.2 Å². The van der Waals surface area contributed by atoms with Crippen LogP contribution in [-0.4, -0.2) is 17.7 Å². The standard InChI is InChI=1S/C13H20N2/c1-5-12(14-4)10-11(3)15-9-7-8-13(15)6-2/h6-9,12,14H,2-3,5,10H2,1,4H3. The van der Waals surface area contributed by atoms with Crippen molar-refractivity contribution < 1.29 is 0 Å². The van der Waals surface area contributed by atoms with Crippen molar-refractivity contribution in [1.29, 1.82) is 0 Å². The van der Waals surface area contributed by atoms with Crippen LogP contribution >= 0.6 is 0 Å². The fourth-order valence-electron chi connectivity index (χ4n) is 1.68. The van der Waals surface area contributed by atoms with Crippen LogP contribution in [0.5, 0.6) is 0 Å². The summed E-state index contributed by atoms with van der Waals surface area (Å²) in [6.45, 7) is 10.1. The highest BCUT2D eigenvalue weighted by Crippen LogP contribution is 2.16. The van der Waals surface area contributed by atoms with Crippen LogP contribution < -0.4 is 5.32 Å². The fourth-order valence-corrected chi connectivity index (χ4v) is 1.68. The third-order valence-corrected chi connectivity index (χ3v) is 2.71. The van der Waals surface area contributed by atoms with E-state index in [1.807, 2.05) is 31.5 Å². The predicted octanol–water partition coefficient (Wildman–Crippen LogP) is 2.99. The van der Waals surface area contributed by atoms with Gasteiger partial charge in [0.25, 0.3) is 0 Å². The summed E-state index contributed by atoms with van der Waals surface area (Å²) in [6.07, 6.45) is 5.95. The molecule has 0 amide bonds. The Morgan fingerprint density at radius 3 is 2.93 bits per heavy atom. The van der Waals surface area contributed by atoms with E-state index >= 15 is 0 Å². The van der Waals surface area contributed by atoms with E-state index in [-0.39, 0.29) is 0 Å². The molecule has 15 heavy (non-hydrogen) atoms. The van der Waals surface area contributed by atoms with Crippen molar-refractivity contribution in [3.63, 3.8) is 0 Å². The molecule has 1 aromatic rings. The maximum absolute atomic E-state index is 4.12. The molecule has 0 bridgehead atoms. The van der Waals surface area contributed by atoms with Gasteiger partial charge < -0.3 is 9.88 Å². The Kier molecular flexibility index (Phi) is 4.37. The molecule has 1 rings (SSSR count). The Labute approximate surface area is 92.3 Å². The monoisotopic (exact) mass is 204 g/mol. The van der Waals surface area contributed by atoms with Crippen molar-refractivity contribution in [1.82, 2.24) is 9.88 Å². The summed E-state index contributed by atoms with van der Waals surface area (Å²) in [7, 11) is 1.99. The zero-order chi connectivity index (χ0) is 11.3. The van der Waals surface area contributed by atoms with E-state index < -0.39 is 0 Å². The fraction of sp³-hybridized carbons (Fsp3) is 0.385. The molecule has 0 aliphatic rings. The first kappa shape index (κ1) is 11.8. The highest BCUT2D eigenvalue weighted by Gasteiger charge is 2.07. The highest BCUT2D eigenvalue weighted by molar-refractivity contribution is 5.53. The summed E-state index contributed by atoms with van der Waals surface area (Å²) in [6, 6.07) is 4.55. The van der Waals surface area contributed by atoms with Crippen LogP contribution in [0, 0.1) is 0 Å². The summed E-state index contributed by atoms with van der Waals surface area (Å²) in [4.78, 5) is 0. The molecule has 0 saturated carbocycles. The van der Waals surface area contributed by atoms with Gasteiger partial charge >= 0.3 is 0 Å². The molecule has 0 radical (unpaired) electrons. The molecule has 2 heteroatoms. The first-order valence-electron chi connectivity index (χ1n) is 5.38. The third-order valence-electron chi connectivity index (χ3n) is 2.71. The zero-order valence-electron chi connectivity index (χ0n) is 9.66. The molecular formula is C13H20N2. The van der Waals surface area contributed by atoms with E-state index in [1.165, 1.54) is 0 Å². The van der Waals surface area contributed by atoms with Gasteiger partial charge in [0.05, 0.1) is 0 Å². The van der Waals surface area contributed by atoms with Crippen LogP contribution in [0.15, 0.2) is 31.5 Å². The summed E-state index contributed by atoms with van der Waals surface area (Å²) in [5, 5.41) is 3.28. The van der Waals surface area contributed by atoms with Crippen LogP contribution in [0.25, 0.3) is 11.8 Å². The van der Waals surface area contributed by atoms with Crippen LogP contribution in [0.3, 0.4) is 0 Å². The van der Waals surface area contributed by atoms with E-state index in [9.17, 15) is 0 Å². The molecule has 82 valence electrons. The lowest BCUT2D eigenvalue weighted by Gasteiger charge is -2.17. The summed E-state index contributed by atoms with van der Waals surface area (Å²) in [5.41, 5.74) is 2.21. The molecule has 1 N–H and O–H groups in total. The number of nitrogens with zero attached hydrogens (tertiary/aromatic N) is 1. The van der Waals surface area contributed by atoms with Gasteiger partial charge in [0.2, 0.25) is 0 Å². The lowest BCUT2D eigenvalue weighted by molar-refractivity contribution is 0.551. The quantitative estimate of drug-likeness (QED) is 0.753. The smallest absolute Gasteiger partial charge is 0.0446 e. The molecule has 1 unspecified atom stereocenters. The lowest BCUT2D eigenvalue weighted by atomic mass is 10.1. The maximum Gasteiger partial charge on any atom is 0.0446 e. The van der Waals surface area contributed by atoms with Crippen molar-refractivity contribution in [2.75, 3.05) is 7.05 Å². The maximum atomic E-state index is 4.12. The highest BCUT2D eigenvalue weighted by atomic mass is 15.0. The third kappa shape index (κ3) is 2.83. The van der Waals surface area contributed by atoms with Crippen LogP contribution in [0.2, 0.25) is 0 Å². The first-order chi connectivity index (χ1) is 7.22. The van der Waals surface area contributed by atoms with Crippen LogP contribution in [-0.2, 0) is 0 Å². The SMILES string of the molecule is C=Cc1cccn1C(=C)CC(CC)NC. The second-order valence-corrected chi connectivity index (χ2v) is 3.67. The largest absolute Gasteiger partial charge is 0.321 e. The molecule has 0 aliphatic carbocycles. The molecule has 0 aromatic carbocycles. The van der Waals surface area contributed by atoms with Gasteiger partial charge in [-0.3, -0.25) is 0 Å². The number of hydrogen-bond donors (Lipinski definition) is 1. The summed E-state index contributed by atoms with van der Waals surface area (Å²) >= 11 is 0. The number of hydrogen-bond acceptors (Lipinski definition) is 1. The molecule has 1 heterocycles. The minimum atomic E-state index is 0.498. The number of aromatic nitrogens is 1. The molecule has 2 nitrogen and oxygen atoms in total. The molecule has 0 saturated heterocycles. The van der Waals surface area contributed by atoms with Crippen LogP contribution in [0.1, 0.15) is 25.5 Å². The van der Waals surface area contributed by atoms with Gasteiger partial charge in [-0.05, 0) is 31.7 Å². The van der Waals surface area contributed by atoms with Crippen molar-refractivity contribution in [2.24, 2.45) is 0 Å². The molecule has 0 fully saturated rings. The zero-order valence-corrected chi connectivity index (χ0v) is 9.66. The van der Waals surface area contributed by atoms with E-state index in [0.717, 1.165) is 24.2 Å². The second-order valence-electron chi connectivity index (χ2n) is 3.67. The van der Waals surface area contributed by atoms with Crippen LogP contribution in [0.4, 0.5) is 0 Å². The lowest BCUT2D eigenvalue weighted by Crippen LogP contribution is -2.25. The summed E-state index contributed by atoms with van der Waals surface area (Å²) in [5.74, 6) is 0. The summed E-state index contributed by atoms with van der Waals surface area (Å²) < 4.78 is 2.09. The molecule has 1 atom stereocenters. The van der Waals surface area contributed by atoms with Gasteiger partial charge in [0, 0.05) is 30.1 Å².